The van der Waals surface area contributed by atoms with Gasteiger partial charge in [-0.15, -0.1) is 0 Å². The van der Waals surface area contributed by atoms with Gasteiger partial charge in [-0.1, -0.05) is 36.4 Å². The number of methoxy groups -OCH3 is 1. The van der Waals surface area contributed by atoms with Gasteiger partial charge in [0.2, 0.25) is 0 Å². The van der Waals surface area contributed by atoms with Gasteiger partial charge in [-0.05, 0) is 29.7 Å². The first kappa shape index (κ1) is 15.5. The Hall–Kier alpha value is -1.91. The molecule has 1 atom stereocenters. The number of nitrogens with one attached hydrogen (secondary N) is 1. The lowest BCUT2D eigenvalue weighted by molar-refractivity contribution is 0.265. The van der Waals surface area contributed by atoms with Crippen molar-refractivity contribution in [1.82, 2.24) is 5.32 Å². The molecule has 0 aromatic heterocycles. The number of hydrogen-bond acceptors (Lipinski definition) is 3. The first-order valence-corrected chi connectivity index (χ1v) is 6.96. The van der Waals surface area contributed by atoms with E-state index >= 15 is 0 Å². The third kappa shape index (κ3) is 4.28. The van der Waals surface area contributed by atoms with E-state index in [0.29, 0.717) is 13.0 Å². The van der Waals surface area contributed by atoms with Crippen molar-refractivity contribution in [1.29, 1.82) is 0 Å². The second-order valence-electron chi connectivity index (χ2n) is 4.83. The van der Waals surface area contributed by atoms with Gasteiger partial charge in [0.05, 0.1) is 7.11 Å². The molecule has 4 heteroatoms. The van der Waals surface area contributed by atoms with E-state index in [1.807, 2.05) is 36.4 Å². The smallest absolute Gasteiger partial charge is 0.165 e. The molecule has 3 nitrogen and oxygen atoms in total. The number of ether oxygens (including phenoxy) is 1. The summed E-state index contributed by atoms with van der Waals surface area (Å²) in [6.45, 7) is 0.629. The van der Waals surface area contributed by atoms with E-state index in [1.54, 1.807) is 6.07 Å². The number of rotatable bonds is 7. The van der Waals surface area contributed by atoms with Crippen molar-refractivity contribution >= 4 is 0 Å². The Labute approximate surface area is 124 Å². The van der Waals surface area contributed by atoms with E-state index in [1.165, 1.54) is 13.2 Å². The van der Waals surface area contributed by atoms with E-state index in [2.05, 4.69) is 5.32 Å². The van der Waals surface area contributed by atoms with E-state index in [4.69, 9.17) is 4.74 Å². The lowest BCUT2D eigenvalue weighted by Gasteiger charge is -2.18. The van der Waals surface area contributed by atoms with Gasteiger partial charge < -0.3 is 15.2 Å². The lowest BCUT2D eigenvalue weighted by atomic mass is 10.0. The summed E-state index contributed by atoms with van der Waals surface area (Å²) in [6.07, 6.45) is 0.614. The second-order valence-corrected chi connectivity index (χ2v) is 4.83. The quantitative estimate of drug-likeness (QED) is 0.823. The molecule has 21 heavy (non-hydrogen) atoms. The molecule has 0 heterocycles. The van der Waals surface area contributed by atoms with Crippen LogP contribution in [0.1, 0.15) is 23.6 Å². The molecular weight excluding hydrogens is 269 g/mol. The topological polar surface area (TPSA) is 41.5 Å². The Morgan fingerprint density at radius 3 is 2.57 bits per heavy atom. The number of halogens is 1. The Morgan fingerprint density at radius 1 is 1.19 bits per heavy atom. The third-order valence-electron chi connectivity index (χ3n) is 3.39. The zero-order valence-corrected chi connectivity index (χ0v) is 12.1. The van der Waals surface area contributed by atoms with Crippen LogP contribution in [0.15, 0.2) is 48.5 Å². The van der Waals surface area contributed by atoms with Gasteiger partial charge in [-0.25, -0.2) is 4.39 Å². The molecule has 0 aliphatic heterocycles. The van der Waals surface area contributed by atoms with Crippen molar-refractivity contribution in [3.05, 3.63) is 65.5 Å². The zero-order valence-electron chi connectivity index (χ0n) is 12.1. The largest absolute Gasteiger partial charge is 0.494 e. The summed E-state index contributed by atoms with van der Waals surface area (Å²) >= 11 is 0. The second kappa shape index (κ2) is 7.76. The van der Waals surface area contributed by atoms with Crippen molar-refractivity contribution in [2.45, 2.75) is 19.0 Å². The summed E-state index contributed by atoms with van der Waals surface area (Å²) in [5.74, 6) is -0.121. The molecule has 0 bridgehead atoms. The number of hydrogen-bond donors (Lipinski definition) is 2. The Bertz CT molecular complexity index is 560. The first-order chi connectivity index (χ1) is 10.2. The molecule has 0 aliphatic carbocycles. The highest BCUT2D eigenvalue weighted by molar-refractivity contribution is 5.29. The monoisotopic (exact) mass is 289 g/mol. The molecule has 2 aromatic rings. The normalized spacial score (nSPS) is 12.1. The van der Waals surface area contributed by atoms with E-state index in [-0.39, 0.29) is 24.2 Å². The van der Waals surface area contributed by atoms with Crippen LogP contribution in [-0.2, 0) is 6.54 Å². The molecule has 0 radical (unpaired) electrons. The minimum Gasteiger partial charge on any atom is -0.494 e. The van der Waals surface area contributed by atoms with Gasteiger partial charge in [0.15, 0.2) is 11.6 Å². The SMILES string of the molecule is COc1ccc(CN[C@H](CCO)c2ccccc2)cc1F. The predicted octanol–water partition coefficient (Wildman–Crippen LogP) is 3.05. The molecular formula is C17H20FNO2. The van der Waals surface area contributed by atoms with E-state index < -0.39 is 0 Å². The van der Waals surface area contributed by atoms with Crippen LogP contribution in [-0.4, -0.2) is 18.8 Å². The Kier molecular flexibility index (Phi) is 5.72. The maximum atomic E-state index is 13.7. The number of aliphatic hydroxyl groups is 1. The Morgan fingerprint density at radius 2 is 1.95 bits per heavy atom. The minimum absolute atomic E-state index is 0.0429. The van der Waals surface area contributed by atoms with Crippen LogP contribution in [0.5, 0.6) is 5.75 Å². The molecule has 0 saturated carbocycles. The lowest BCUT2D eigenvalue weighted by Crippen LogP contribution is -2.22. The average Bonchev–Trinajstić information content (AvgIpc) is 2.52. The van der Waals surface area contributed by atoms with Crippen LogP contribution in [0, 0.1) is 5.82 Å². The molecule has 0 unspecified atom stereocenters. The standard InChI is InChI=1S/C17H20FNO2/c1-21-17-8-7-13(11-15(17)18)12-19-16(9-10-20)14-5-3-2-4-6-14/h2-8,11,16,19-20H,9-10,12H2,1H3/t16-/m1/s1. The molecule has 2 aromatic carbocycles. The van der Waals surface area contributed by atoms with Gasteiger partial charge in [0.25, 0.3) is 0 Å². The highest BCUT2D eigenvalue weighted by atomic mass is 19.1. The molecule has 2 rings (SSSR count). The van der Waals surface area contributed by atoms with Crippen LogP contribution in [0.3, 0.4) is 0 Å². The van der Waals surface area contributed by atoms with Crippen LogP contribution < -0.4 is 10.1 Å². The molecule has 0 aliphatic rings. The summed E-state index contributed by atoms with van der Waals surface area (Å²) in [6, 6.07) is 14.9. The highest BCUT2D eigenvalue weighted by Gasteiger charge is 2.11. The number of benzene rings is 2. The zero-order chi connectivity index (χ0) is 15.1. The predicted molar refractivity (Wildman–Crippen MR) is 80.7 cm³/mol. The van der Waals surface area contributed by atoms with Gasteiger partial charge in [0.1, 0.15) is 0 Å². The van der Waals surface area contributed by atoms with Crippen molar-refractivity contribution in [3.63, 3.8) is 0 Å². The van der Waals surface area contributed by atoms with Crippen LogP contribution in [0.4, 0.5) is 4.39 Å². The van der Waals surface area contributed by atoms with E-state index in [0.717, 1.165) is 11.1 Å². The highest BCUT2D eigenvalue weighted by Crippen LogP contribution is 2.20. The van der Waals surface area contributed by atoms with Crippen LogP contribution >= 0.6 is 0 Å². The fourth-order valence-electron chi connectivity index (χ4n) is 2.26. The summed E-state index contributed by atoms with van der Waals surface area (Å²) in [5.41, 5.74) is 1.95. The van der Waals surface area contributed by atoms with Crippen molar-refractivity contribution in [2.24, 2.45) is 0 Å². The molecule has 0 fully saturated rings. The summed E-state index contributed by atoms with van der Waals surface area (Å²) < 4.78 is 18.6. The molecule has 0 amide bonds. The van der Waals surface area contributed by atoms with Gasteiger partial charge in [-0.2, -0.15) is 0 Å². The van der Waals surface area contributed by atoms with Gasteiger partial charge >= 0.3 is 0 Å². The fraction of sp³-hybridized carbons (Fsp3) is 0.294. The first-order valence-electron chi connectivity index (χ1n) is 6.96. The van der Waals surface area contributed by atoms with Crippen LogP contribution in [0.25, 0.3) is 0 Å². The molecule has 0 saturated heterocycles. The maximum Gasteiger partial charge on any atom is 0.165 e. The number of aliphatic hydroxyl groups excluding tert-OH is 1. The van der Waals surface area contributed by atoms with Crippen molar-refractivity contribution in [2.75, 3.05) is 13.7 Å². The fourth-order valence-corrected chi connectivity index (χ4v) is 2.26. The summed E-state index contributed by atoms with van der Waals surface area (Å²) in [4.78, 5) is 0. The van der Waals surface area contributed by atoms with Crippen LogP contribution in [0.2, 0.25) is 0 Å². The summed E-state index contributed by atoms with van der Waals surface area (Å²) in [7, 11) is 1.45. The minimum atomic E-state index is -0.366. The van der Waals surface area contributed by atoms with Gasteiger partial charge in [0, 0.05) is 19.2 Å². The Balaban J connectivity index is 2.03. The molecule has 112 valence electrons. The summed E-state index contributed by atoms with van der Waals surface area (Å²) in [5, 5.41) is 12.5. The maximum absolute atomic E-state index is 13.7. The van der Waals surface area contributed by atoms with Crippen molar-refractivity contribution in [3.8, 4) is 5.75 Å². The average molecular weight is 289 g/mol. The molecule has 0 spiro atoms. The van der Waals surface area contributed by atoms with Crippen molar-refractivity contribution < 1.29 is 14.2 Å². The van der Waals surface area contributed by atoms with Gasteiger partial charge in [-0.3, -0.25) is 0 Å². The third-order valence-corrected chi connectivity index (χ3v) is 3.39. The molecule has 2 N–H and O–H groups in total. The van der Waals surface area contributed by atoms with E-state index in [9.17, 15) is 9.50 Å².